The summed E-state index contributed by atoms with van der Waals surface area (Å²) in [5, 5.41) is 0.677. The van der Waals surface area contributed by atoms with Crippen LogP contribution in [0.15, 0.2) is 46.5 Å². The van der Waals surface area contributed by atoms with Gasteiger partial charge in [0.15, 0.2) is 5.16 Å². The largest absolute Gasteiger partial charge is 0.497 e. The van der Waals surface area contributed by atoms with E-state index >= 15 is 0 Å². The molecule has 1 aromatic heterocycles. The van der Waals surface area contributed by atoms with Crippen molar-refractivity contribution < 1.29 is 17.9 Å². The number of fused-ring (bicyclic) bond motifs is 2. The van der Waals surface area contributed by atoms with Gasteiger partial charge >= 0.3 is 0 Å². The van der Waals surface area contributed by atoms with Crippen molar-refractivity contribution in [3.63, 3.8) is 0 Å². The van der Waals surface area contributed by atoms with E-state index < -0.39 is 10.0 Å². The molecule has 2 aromatic carbocycles. The van der Waals surface area contributed by atoms with Gasteiger partial charge < -0.3 is 14.6 Å². The third kappa shape index (κ3) is 4.34. The maximum absolute atomic E-state index is 13.1. The topological polar surface area (TPSA) is 95.6 Å². The van der Waals surface area contributed by atoms with Crippen LogP contribution < -0.4 is 9.64 Å². The molecule has 0 radical (unpaired) electrons. The first-order chi connectivity index (χ1) is 16.0. The number of benzene rings is 2. The van der Waals surface area contributed by atoms with E-state index in [2.05, 4.69) is 9.97 Å². The lowest BCUT2D eigenvalue weighted by Crippen LogP contribution is -2.37. The summed E-state index contributed by atoms with van der Waals surface area (Å²) in [5.74, 6) is 0.966. The molecule has 5 rings (SSSR count). The Morgan fingerprint density at radius 3 is 2.73 bits per heavy atom. The second-order valence-corrected chi connectivity index (χ2v) is 11.2. The van der Waals surface area contributed by atoms with Crippen molar-refractivity contribution >= 4 is 44.4 Å². The number of imidazole rings is 1. The summed E-state index contributed by atoms with van der Waals surface area (Å²) in [7, 11) is -1.85. The van der Waals surface area contributed by atoms with Crippen molar-refractivity contribution in [1.29, 1.82) is 0 Å². The molecule has 1 fully saturated rings. The molecular weight excluding hydrogens is 460 g/mol. The summed E-state index contributed by atoms with van der Waals surface area (Å²) in [6, 6.07) is 10.8. The lowest BCUT2D eigenvalue weighted by Gasteiger charge is -2.30. The first kappa shape index (κ1) is 22.2. The first-order valence-electron chi connectivity index (χ1n) is 11.1. The number of rotatable bonds is 6. The standard InChI is InChI=1S/C23H26N4O4S2/c1-31-17-6-8-19-20(14-17)25-23(24-19)32-15-22(28)27-12-4-5-16-13-18(7-9-21(16)27)33(29,30)26-10-2-3-11-26/h6-9,13-14H,2-5,10-12,15H2,1H3,(H,24,25). The van der Waals surface area contributed by atoms with Crippen molar-refractivity contribution in [1.82, 2.24) is 14.3 Å². The van der Waals surface area contributed by atoms with Gasteiger partial charge in [0.05, 0.1) is 28.8 Å². The summed E-state index contributed by atoms with van der Waals surface area (Å²) < 4.78 is 32.7. The number of thioether (sulfide) groups is 1. The number of hydrogen-bond donors (Lipinski definition) is 1. The van der Waals surface area contributed by atoms with Crippen LogP contribution in [0.5, 0.6) is 5.75 Å². The molecule has 8 nitrogen and oxygen atoms in total. The van der Waals surface area contributed by atoms with Gasteiger partial charge in [-0.1, -0.05) is 11.8 Å². The lowest BCUT2D eigenvalue weighted by molar-refractivity contribution is -0.116. The van der Waals surface area contributed by atoms with Gasteiger partial charge in [0.1, 0.15) is 5.75 Å². The Balaban J connectivity index is 1.31. The number of anilines is 1. The Morgan fingerprint density at radius 2 is 1.94 bits per heavy atom. The number of aromatic nitrogens is 2. The maximum atomic E-state index is 13.1. The molecule has 1 saturated heterocycles. The van der Waals surface area contributed by atoms with E-state index in [1.165, 1.54) is 11.8 Å². The van der Waals surface area contributed by atoms with Gasteiger partial charge in [-0.15, -0.1) is 0 Å². The van der Waals surface area contributed by atoms with E-state index in [1.807, 2.05) is 18.2 Å². The smallest absolute Gasteiger partial charge is 0.243 e. The molecule has 174 valence electrons. The summed E-state index contributed by atoms with van der Waals surface area (Å²) in [5.41, 5.74) is 3.40. The molecule has 3 heterocycles. The van der Waals surface area contributed by atoms with E-state index in [0.717, 1.165) is 53.7 Å². The van der Waals surface area contributed by atoms with Crippen molar-refractivity contribution in [2.24, 2.45) is 0 Å². The Morgan fingerprint density at radius 1 is 1.12 bits per heavy atom. The monoisotopic (exact) mass is 486 g/mol. The third-order valence-corrected chi connectivity index (χ3v) is 8.93. The molecule has 1 N–H and O–H groups in total. The minimum absolute atomic E-state index is 0.0193. The molecule has 1 amide bonds. The highest BCUT2D eigenvalue weighted by Gasteiger charge is 2.29. The van der Waals surface area contributed by atoms with Gasteiger partial charge in [0, 0.05) is 31.4 Å². The van der Waals surface area contributed by atoms with Gasteiger partial charge in [0.2, 0.25) is 15.9 Å². The van der Waals surface area contributed by atoms with Crippen LogP contribution in [0, 0.1) is 0 Å². The summed E-state index contributed by atoms with van der Waals surface area (Å²) in [6.07, 6.45) is 3.38. The second kappa shape index (κ2) is 9.00. The lowest BCUT2D eigenvalue weighted by atomic mass is 10.0. The van der Waals surface area contributed by atoms with Crippen molar-refractivity contribution in [3.8, 4) is 5.75 Å². The predicted molar refractivity (Wildman–Crippen MR) is 128 cm³/mol. The molecule has 0 bridgehead atoms. The fourth-order valence-electron chi connectivity index (χ4n) is 4.44. The zero-order valence-electron chi connectivity index (χ0n) is 18.4. The number of ether oxygens (including phenoxy) is 1. The van der Waals surface area contributed by atoms with E-state index in [0.29, 0.717) is 29.7 Å². The number of aromatic amines is 1. The van der Waals surface area contributed by atoms with Gasteiger partial charge in [0.25, 0.3) is 0 Å². The maximum Gasteiger partial charge on any atom is 0.243 e. The van der Waals surface area contributed by atoms with Gasteiger partial charge in [-0.25, -0.2) is 13.4 Å². The minimum atomic E-state index is -3.47. The number of aryl methyl sites for hydroxylation is 1. The third-order valence-electron chi connectivity index (χ3n) is 6.17. The highest BCUT2D eigenvalue weighted by molar-refractivity contribution is 7.99. The van der Waals surface area contributed by atoms with Crippen molar-refractivity contribution in [3.05, 3.63) is 42.0 Å². The number of nitrogens with one attached hydrogen (secondary N) is 1. The van der Waals surface area contributed by atoms with E-state index in [-0.39, 0.29) is 11.7 Å². The van der Waals surface area contributed by atoms with E-state index in [1.54, 1.807) is 34.5 Å². The number of sulfonamides is 1. The Bertz CT molecular complexity index is 1300. The van der Waals surface area contributed by atoms with Crippen LogP contribution in [0.1, 0.15) is 24.8 Å². The second-order valence-electron chi connectivity index (χ2n) is 8.26. The molecule has 0 aliphatic carbocycles. The van der Waals surface area contributed by atoms with Gasteiger partial charge in [-0.2, -0.15) is 4.31 Å². The fourth-order valence-corrected chi connectivity index (χ4v) is 6.77. The Labute approximate surface area is 197 Å². The molecule has 0 unspecified atom stereocenters. The molecule has 2 aliphatic rings. The minimum Gasteiger partial charge on any atom is -0.497 e. The Kier molecular flexibility index (Phi) is 6.07. The average Bonchev–Trinajstić information content (AvgIpc) is 3.51. The van der Waals surface area contributed by atoms with Crippen molar-refractivity contribution in [2.45, 2.75) is 35.7 Å². The number of methoxy groups -OCH3 is 1. The first-order valence-corrected chi connectivity index (χ1v) is 13.5. The van der Waals surface area contributed by atoms with Crippen molar-refractivity contribution in [2.75, 3.05) is 37.4 Å². The number of hydrogen-bond acceptors (Lipinski definition) is 6. The number of carbonyl (C=O) groups excluding carboxylic acids is 1. The van der Waals surface area contributed by atoms with Gasteiger partial charge in [-0.05, 0) is 61.6 Å². The highest BCUT2D eigenvalue weighted by Crippen LogP contribution is 2.32. The zero-order chi connectivity index (χ0) is 23.0. The molecule has 0 spiro atoms. The molecule has 0 saturated carbocycles. The molecule has 2 aliphatic heterocycles. The summed E-state index contributed by atoms with van der Waals surface area (Å²) in [6.45, 7) is 1.79. The van der Waals surface area contributed by atoms with Crippen LogP contribution in [0.3, 0.4) is 0 Å². The predicted octanol–water partition coefficient (Wildman–Crippen LogP) is 3.43. The normalized spacial score (nSPS) is 16.8. The highest BCUT2D eigenvalue weighted by atomic mass is 32.2. The quantitative estimate of drug-likeness (QED) is 0.537. The summed E-state index contributed by atoms with van der Waals surface area (Å²) >= 11 is 1.36. The zero-order valence-corrected chi connectivity index (χ0v) is 20.0. The average molecular weight is 487 g/mol. The summed E-state index contributed by atoms with van der Waals surface area (Å²) in [4.78, 5) is 22.9. The fraction of sp³-hybridized carbons (Fsp3) is 0.391. The molecular formula is C23H26N4O4S2. The van der Waals surface area contributed by atoms with Crippen LogP contribution in [0.4, 0.5) is 5.69 Å². The molecule has 33 heavy (non-hydrogen) atoms. The SMILES string of the molecule is COc1ccc2nc(SCC(=O)N3CCCc4cc(S(=O)(=O)N5CCCC5)ccc43)[nH]c2c1. The van der Waals surface area contributed by atoms with Gasteiger partial charge in [-0.3, -0.25) is 4.79 Å². The van der Waals surface area contributed by atoms with Crippen LogP contribution in [-0.2, 0) is 21.2 Å². The van der Waals surface area contributed by atoms with Crippen LogP contribution in [-0.4, -0.2) is 61.1 Å². The van der Waals surface area contributed by atoms with Crippen LogP contribution in [0.2, 0.25) is 0 Å². The molecule has 3 aromatic rings. The molecule has 0 atom stereocenters. The molecule has 10 heteroatoms. The number of nitrogens with zero attached hydrogens (tertiary/aromatic N) is 3. The van der Waals surface area contributed by atoms with E-state index in [4.69, 9.17) is 4.74 Å². The number of carbonyl (C=O) groups is 1. The number of amides is 1. The Hall–Kier alpha value is -2.56. The number of H-pyrrole nitrogens is 1. The van der Waals surface area contributed by atoms with Crippen LogP contribution >= 0.6 is 11.8 Å². The van der Waals surface area contributed by atoms with Crippen LogP contribution in [0.25, 0.3) is 11.0 Å². The van der Waals surface area contributed by atoms with E-state index in [9.17, 15) is 13.2 Å².